The van der Waals surface area contributed by atoms with Gasteiger partial charge in [0.2, 0.25) is 5.60 Å². The van der Waals surface area contributed by atoms with Gasteiger partial charge in [0.05, 0.1) is 5.02 Å². The lowest BCUT2D eigenvalue weighted by Crippen LogP contribution is -2.51. The number of Topliss-reactive ketones (excluding diaryl/α,β-unsaturated/α-hetero) is 1. The number of aromatic nitrogens is 1. The van der Waals surface area contributed by atoms with Gasteiger partial charge >= 0.3 is 0 Å². The fourth-order valence-electron chi connectivity index (χ4n) is 5.60. The van der Waals surface area contributed by atoms with Gasteiger partial charge in [-0.15, -0.1) is 0 Å². The molecular formula is C24H17BrClNO3. The Hall–Kier alpha value is -2.21. The molecule has 3 atom stereocenters. The SMILES string of the molecule is O=C1C2(CC2)[C@@H](c2ccccc2)[C@]2(c3ccc(Br)cc3)Oc3cc(Cl)cnc3[C@]12O. The van der Waals surface area contributed by atoms with Gasteiger partial charge in [-0.05, 0) is 36.1 Å². The average Bonchev–Trinajstić information content (AvgIpc) is 3.47. The van der Waals surface area contributed by atoms with Crippen LogP contribution in [0.15, 0.2) is 71.3 Å². The summed E-state index contributed by atoms with van der Waals surface area (Å²) >= 11 is 9.66. The number of rotatable bonds is 2. The Morgan fingerprint density at radius 2 is 1.80 bits per heavy atom. The van der Waals surface area contributed by atoms with Gasteiger partial charge < -0.3 is 9.84 Å². The van der Waals surface area contributed by atoms with Crippen LogP contribution in [0.3, 0.4) is 0 Å². The van der Waals surface area contributed by atoms with Crippen LogP contribution in [0.4, 0.5) is 0 Å². The number of carbonyl (C=O) groups excluding carboxylic acids is 1. The molecule has 3 aliphatic rings. The second-order valence-corrected chi connectivity index (χ2v) is 9.74. The lowest BCUT2D eigenvalue weighted by molar-refractivity contribution is -0.152. The molecule has 2 saturated carbocycles. The molecule has 1 spiro atoms. The molecule has 1 aromatic heterocycles. The topological polar surface area (TPSA) is 59.4 Å². The second kappa shape index (κ2) is 5.94. The summed E-state index contributed by atoms with van der Waals surface area (Å²) in [6, 6.07) is 19.1. The number of hydrogen-bond acceptors (Lipinski definition) is 4. The minimum absolute atomic E-state index is 0.208. The highest BCUT2D eigenvalue weighted by molar-refractivity contribution is 9.10. The normalized spacial score (nSPS) is 30.1. The predicted octanol–water partition coefficient (Wildman–Crippen LogP) is 5.12. The van der Waals surface area contributed by atoms with Crippen molar-refractivity contribution in [1.82, 2.24) is 4.98 Å². The molecule has 0 bridgehead atoms. The molecule has 0 radical (unpaired) electrons. The quantitative estimate of drug-likeness (QED) is 0.551. The van der Waals surface area contributed by atoms with Crippen molar-refractivity contribution >= 4 is 33.3 Å². The van der Waals surface area contributed by atoms with Crippen LogP contribution >= 0.6 is 27.5 Å². The van der Waals surface area contributed by atoms with E-state index >= 15 is 0 Å². The fourth-order valence-corrected chi connectivity index (χ4v) is 6.01. The minimum atomic E-state index is -1.89. The summed E-state index contributed by atoms with van der Waals surface area (Å²) in [7, 11) is 0. The Bertz CT molecular complexity index is 1190. The fraction of sp³-hybridized carbons (Fsp3) is 0.250. The molecule has 2 heterocycles. The van der Waals surface area contributed by atoms with Crippen LogP contribution < -0.4 is 4.74 Å². The Morgan fingerprint density at radius 1 is 1.10 bits per heavy atom. The Kier molecular flexibility index (Phi) is 3.67. The van der Waals surface area contributed by atoms with Crippen molar-refractivity contribution in [2.75, 3.05) is 0 Å². The number of ether oxygens (including phenoxy) is 1. The molecule has 3 aromatic rings. The lowest BCUT2D eigenvalue weighted by Gasteiger charge is -2.39. The molecule has 30 heavy (non-hydrogen) atoms. The van der Waals surface area contributed by atoms with E-state index in [2.05, 4.69) is 20.9 Å². The third-order valence-electron chi connectivity index (χ3n) is 6.91. The molecule has 1 N–H and O–H groups in total. The van der Waals surface area contributed by atoms with E-state index in [-0.39, 0.29) is 17.4 Å². The van der Waals surface area contributed by atoms with Crippen LogP contribution in [0.25, 0.3) is 0 Å². The third kappa shape index (κ3) is 2.06. The first-order valence-electron chi connectivity index (χ1n) is 9.87. The minimum Gasteiger partial charge on any atom is -0.476 e. The van der Waals surface area contributed by atoms with Crippen LogP contribution in [-0.2, 0) is 16.0 Å². The smallest absolute Gasteiger partial charge is 0.214 e. The van der Waals surface area contributed by atoms with Gasteiger partial charge in [-0.25, -0.2) is 0 Å². The molecule has 150 valence electrons. The number of fused-ring (bicyclic) bond motifs is 3. The molecule has 2 aromatic carbocycles. The van der Waals surface area contributed by atoms with E-state index < -0.39 is 16.6 Å². The summed E-state index contributed by atoms with van der Waals surface area (Å²) in [4.78, 5) is 18.4. The highest BCUT2D eigenvalue weighted by Crippen LogP contribution is 2.77. The molecule has 2 aliphatic carbocycles. The maximum Gasteiger partial charge on any atom is 0.214 e. The molecule has 6 rings (SSSR count). The first-order chi connectivity index (χ1) is 14.4. The standard InChI is InChI=1S/C24H17BrClNO3/c25-16-8-6-15(7-9-16)24-19(14-4-2-1-3-5-14)22(10-11-22)21(28)23(24,29)20-18(30-24)12-17(26)13-27-20/h1-9,12-13,19,29H,10-11H2/t19-,23+,24+/m1/s1. The van der Waals surface area contributed by atoms with Crippen molar-refractivity contribution in [3.63, 3.8) is 0 Å². The van der Waals surface area contributed by atoms with E-state index in [1.165, 1.54) is 6.20 Å². The summed E-state index contributed by atoms with van der Waals surface area (Å²) in [6.07, 6.45) is 2.90. The number of aliphatic hydroxyl groups is 1. The van der Waals surface area contributed by atoms with Crippen LogP contribution in [-0.4, -0.2) is 15.9 Å². The summed E-state index contributed by atoms with van der Waals surface area (Å²) in [5.41, 5.74) is -1.90. The largest absolute Gasteiger partial charge is 0.476 e. The number of benzene rings is 2. The molecular weight excluding hydrogens is 466 g/mol. The van der Waals surface area contributed by atoms with E-state index in [1.54, 1.807) is 6.07 Å². The first kappa shape index (κ1) is 18.6. The predicted molar refractivity (Wildman–Crippen MR) is 115 cm³/mol. The summed E-state index contributed by atoms with van der Waals surface area (Å²) in [6.45, 7) is 0. The Balaban J connectivity index is 1.71. The monoisotopic (exact) mass is 481 g/mol. The van der Waals surface area contributed by atoms with Crippen molar-refractivity contribution in [1.29, 1.82) is 0 Å². The number of ketones is 1. The number of hydrogen-bond donors (Lipinski definition) is 1. The summed E-state index contributed by atoms with van der Waals surface area (Å²) in [5.74, 6) is -0.198. The third-order valence-corrected chi connectivity index (χ3v) is 7.64. The zero-order valence-corrected chi connectivity index (χ0v) is 18.2. The maximum absolute atomic E-state index is 14.0. The van der Waals surface area contributed by atoms with Crippen molar-refractivity contribution in [3.05, 3.63) is 93.2 Å². The summed E-state index contributed by atoms with van der Waals surface area (Å²) in [5, 5.41) is 12.6. The molecule has 4 nitrogen and oxygen atoms in total. The van der Waals surface area contributed by atoms with Gasteiger partial charge in [0.25, 0.3) is 0 Å². The van der Waals surface area contributed by atoms with Crippen molar-refractivity contribution in [2.45, 2.75) is 30.0 Å². The van der Waals surface area contributed by atoms with Crippen LogP contribution in [0.1, 0.15) is 35.6 Å². The van der Waals surface area contributed by atoms with E-state index in [4.69, 9.17) is 16.3 Å². The molecule has 0 unspecified atom stereocenters. The number of halogens is 2. The second-order valence-electron chi connectivity index (χ2n) is 8.38. The van der Waals surface area contributed by atoms with Crippen LogP contribution in [0.2, 0.25) is 5.02 Å². The van der Waals surface area contributed by atoms with E-state index in [9.17, 15) is 9.90 Å². The van der Waals surface area contributed by atoms with E-state index in [0.29, 0.717) is 10.8 Å². The molecule has 2 fully saturated rings. The van der Waals surface area contributed by atoms with Gasteiger partial charge in [0.15, 0.2) is 11.4 Å². The van der Waals surface area contributed by atoms with E-state index in [0.717, 1.165) is 28.4 Å². The number of pyridine rings is 1. The van der Waals surface area contributed by atoms with Gasteiger partial charge in [0, 0.05) is 28.1 Å². The van der Waals surface area contributed by atoms with Crippen LogP contribution in [0.5, 0.6) is 5.75 Å². The zero-order chi connectivity index (χ0) is 20.7. The Morgan fingerprint density at radius 3 is 2.47 bits per heavy atom. The van der Waals surface area contributed by atoms with Gasteiger partial charge in [-0.3, -0.25) is 9.78 Å². The zero-order valence-electron chi connectivity index (χ0n) is 15.8. The number of carbonyl (C=O) groups is 1. The van der Waals surface area contributed by atoms with Gasteiger partial charge in [-0.2, -0.15) is 0 Å². The van der Waals surface area contributed by atoms with Crippen molar-refractivity contribution in [3.8, 4) is 5.75 Å². The van der Waals surface area contributed by atoms with E-state index in [1.807, 2.05) is 54.6 Å². The van der Waals surface area contributed by atoms with Crippen molar-refractivity contribution < 1.29 is 14.6 Å². The number of nitrogens with zero attached hydrogens (tertiary/aromatic N) is 1. The lowest BCUT2D eigenvalue weighted by atomic mass is 9.71. The maximum atomic E-state index is 14.0. The Labute approximate surface area is 187 Å². The first-order valence-corrected chi connectivity index (χ1v) is 11.0. The van der Waals surface area contributed by atoms with Gasteiger partial charge in [-0.1, -0.05) is 70.0 Å². The van der Waals surface area contributed by atoms with Crippen LogP contribution in [0, 0.1) is 5.41 Å². The summed E-state index contributed by atoms with van der Waals surface area (Å²) < 4.78 is 7.52. The highest BCUT2D eigenvalue weighted by Gasteiger charge is 2.84. The molecule has 1 aliphatic heterocycles. The average molecular weight is 483 g/mol. The molecule has 0 saturated heterocycles. The van der Waals surface area contributed by atoms with Gasteiger partial charge in [0.1, 0.15) is 11.4 Å². The molecule has 0 amide bonds. The van der Waals surface area contributed by atoms with Crippen molar-refractivity contribution in [2.24, 2.45) is 5.41 Å². The highest BCUT2D eigenvalue weighted by atomic mass is 79.9. The molecule has 6 heteroatoms.